The summed E-state index contributed by atoms with van der Waals surface area (Å²) < 4.78 is 17.4. The number of oxazole rings is 1. The zero-order chi connectivity index (χ0) is 17.1. The summed E-state index contributed by atoms with van der Waals surface area (Å²) in [7, 11) is 0. The molecule has 134 valence electrons. The van der Waals surface area contributed by atoms with E-state index in [1.54, 1.807) is 6.20 Å². The molecule has 0 atom stereocenters. The molecule has 2 aromatic rings. The standard InChI is InChI=1S/C19H23ClN2O3/c20-16-4-2-1-3-15(16)17-11-21-18(25-17)12-22-7-10-24-14-19(13-22)5-8-23-9-6-19/h1-4,11H,5-10,12-14H2. The number of benzene rings is 1. The summed E-state index contributed by atoms with van der Waals surface area (Å²) >= 11 is 6.25. The maximum Gasteiger partial charge on any atom is 0.209 e. The van der Waals surface area contributed by atoms with Crippen LogP contribution in [0.4, 0.5) is 0 Å². The molecular weight excluding hydrogens is 340 g/mol. The zero-order valence-electron chi connectivity index (χ0n) is 14.2. The van der Waals surface area contributed by atoms with Crippen molar-refractivity contribution < 1.29 is 13.9 Å². The van der Waals surface area contributed by atoms with Crippen molar-refractivity contribution in [1.82, 2.24) is 9.88 Å². The van der Waals surface area contributed by atoms with Crippen LogP contribution in [0.5, 0.6) is 0 Å². The molecule has 5 nitrogen and oxygen atoms in total. The van der Waals surface area contributed by atoms with Gasteiger partial charge in [-0.05, 0) is 25.0 Å². The zero-order valence-corrected chi connectivity index (χ0v) is 15.0. The van der Waals surface area contributed by atoms with E-state index in [0.29, 0.717) is 17.3 Å². The molecule has 1 spiro atoms. The Hall–Kier alpha value is -1.40. The van der Waals surface area contributed by atoms with Crippen molar-refractivity contribution in [3.8, 4) is 11.3 Å². The van der Waals surface area contributed by atoms with Gasteiger partial charge < -0.3 is 13.9 Å². The number of rotatable bonds is 3. The Morgan fingerprint density at radius 1 is 1.12 bits per heavy atom. The Kier molecular flexibility index (Phi) is 5.08. The van der Waals surface area contributed by atoms with Gasteiger partial charge in [0.25, 0.3) is 0 Å². The Morgan fingerprint density at radius 2 is 1.96 bits per heavy atom. The number of halogens is 1. The normalized spacial score (nSPS) is 21.3. The number of hydrogen-bond acceptors (Lipinski definition) is 5. The summed E-state index contributed by atoms with van der Waals surface area (Å²) in [5.74, 6) is 1.44. The Labute approximate surface area is 152 Å². The van der Waals surface area contributed by atoms with Crippen LogP contribution in [0.2, 0.25) is 5.02 Å². The summed E-state index contributed by atoms with van der Waals surface area (Å²) in [5, 5.41) is 0.675. The molecule has 1 aromatic heterocycles. The fraction of sp³-hybridized carbons (Fsp3) is 0.526. The van der Waals surface area contributed by atoms with Crippen molar-refractivity contribution in [1.29, 1.82) is 0 Å². The first-order chi connectivity index (χ1) is 12.2. The van der Waals surface area contributed by atoms with Crippen LogP contribution < -0.4 is 0 Å². The van der Waals surface area contributed by atoms with Gasteiger partial charge in [-0.2, -0.15) is 0 Å². The van der Waals surface area contributed by atoms with Crippen LogP contribution in [0, 0.1) is 5.41 Å². The van der Waals surface area contributed by atoms with Crippen molar-refractivity contribution in [3.05, 3.63) is 41.4 Å². The van der Waals surface area contributed by atoms with Gasteiger partial charge in [-0.3, -0.25) is 4.90 Å². The van der Waals surface area contributed by atoms with Crippen molar-refractivity contribution in [3.63, 3.8) is 0 Å². The van der Waals surface area contributed by atoms with Gasteiger partial charge in [0.2, 0.25) is 5.89 Å². The molecule has 0 saturated carbocycles. The van der Waals surface area contributed by atoms with Crippen LogP contribution in [0.3, 0.4) is 0 Å². The first-order valence-electron chi connectivity index (χ1n) is 8.82. The fourth-order valence-corrected chi connectivity index (χ4v) is 3.91. The summed E-state index contributed by atoms with van der Waals surface area (Å²) in [4.78, 5) is 6.85. The highest BCUT2D eigenvalue weighted by molar-refractivity contribution is 6.33. The van der Waals surface area contributed by atoms with E-state index in [4.69, 9.17) is 25.5 Å². The molecule has 0 amide bonds. The number of hydrogen-bond donors (Lipinski definition) is 0. The van der Waals surface area contributed by atoms with E-state index in [9.17, 15) is 0 Å². The summed E-state index contributed by atoms with van der Waals surface area (Å²) in [6, 6.07) is 7.67. The van der Waals surface area contributed by atoms with Gasteiger partial charge in [0, 0.05) is 37.3 Å². The molecule has 1 aromatic carbocycles. The smallest absolute Gasteiger partial charge is 0.209 e. The van der Waals surface area contributed by atoms with Crippen molar-refractivity contribution >= 4 is 11.6 Å². The third-order valence-corrected chi connectivity index (χ3v) is 5.45. The monoisotopic (exact) mass is 362 g/mol. The molecule has 0 radical (unpaired) electrons. The second-order valence-electron chi connectivity index (χ2n) is 6.97. The summed E-state index contributed by atoms with van der Waals surface area (Å²) in [5.41, 5.74) is 1.08. The highest BCUT2D eigenvalue weighted by Gasteiger charge is 2.36. The van der Waals surface area contributed by atoms with Crippen LogP contribution in [0.25, 0.3) is 11.3 Å². The molecule has 0 unspecified atom stereocenters. The minimum absolute atomic E-state index is 0.201. The van der Waals surface area contributed by atoms with E-state index in [1.165, 1.54) is 0 Å². The lowest BCUT2D eigenvalue weighted by atomic mass is 9.80. The van der Waals surface area contributed by atoms with E-state index in [1.807, 2.05) is 24.3 Å². The van der Waals surface area contributed by atoms with Crippen LogP contribution in [0.1, 0.15) is 18.7 Å². The first-order valence-corrected chi connectivity index (χ1v) is 9.19. The third-order valence-electron chi connectivity index (χ3n) is 5.12. The molecule has 6 heteroatoms. The highest BCUT2D eigenvalue weighted by atomic mass is 35.5. The van der Waals surface area contributed by atoms with E-state index in [2.05, 4.69) is 9.88 Å². The molecule has 4 rings (SSSR count). The average Bonchev–Trinajstić information content (AvgIpc) is 2.99. The van der Waals surface area contributed by atoms with Gasteiger partial charge >= 0.3 is 0 Å². The van der Waals surface area contributed by atoms with Crippen molar-refractivity contribution in [2.75, 3.05) is 39.5 Å². The number of aromatic nitrogens is 1. The quantitative estimate of drug-likeness (QED) is 0.834. The lowest BCUT2D eigenvalue weighted by Crippen LogP contribution is -2.42. The Bertz CT molecular complexity index is 712. The minimum Gasteiger partial charge on any atom is -0.439 e. The van der Waals surface area contributed by atoms with Crippen LogP contribution >= 0.6 is 11.6 Å². The van der Waals surface area contributed by atoms with Crippen LogP contribution in [-0.2, 0) is 16.0 Å². The van der Waals surface area contributed by atoms with Gasteiger partial charge in [-0.1, -0.05) is 23.7 Å². The molecule has 2 aliphatic heterocycles. The second kappa shape index (κ2) is 7.46. The molecule has 0 bridgehead atoms. The largest absolute Gasteiger partial charge is 0.439 e. The highest BCUT2D eigenvalue weighted by Crippen LogP contribution is 2.34. The predicted molar refractivity (Wildman–Crippen MR) is 95.5 cm³/mol. The van der Waals surface area contributed by atoms with Gasteiger partial charge in [-0.25, -0.2) is 4.98 Å². The van der Waals surface area contributed by atoms with Gasteiger partial charge in [-0.15, -0.1) is 0 Å². The van der Waals surface area contributed by atoms with Crippen LogP contribution in [-0.4, -0.2) is 49.4 Å². The Balaban J connectivity index is 1.47. The molecule has 0 N–H and O–H groups in total. The maximum atomic E-state index is 6.25. The predicted octanol–water partition coefficient (Wildman–Crippen LogP) is 3.62. The second-order valence-corrected chi connectivity index (χ2v) is 7.38. The molecule has 2 aliphatic rings. The molecular formula is C19H23ClN2O3. The first kappa shape index (κ1) is 17.0. The average molecular weight is 363 g/mol. The topological polar surface area (TPSA) is 47.7 Å². The fourth-order valence-electron chi connectivity index (χ4n) is 3.68. The number of ether oxygens (including phenoxy) is 2. The van der Waals surface area contributed by atoms with E-state index in [-0.39, 0.29) is 5.41 Å². The Morgan fingerprint density at radius 3 is 2.80 bits per heavy atom. The number of nitrogens with zero attached hydrogens (tertiary/aromatic N) is 2. The van der Waals surface area contributed by atoms with Gasteiger partial charge in [0.1, 0.15) is 0 Å². The summed E-state index contributed by atoms with van der Waals surface area (Å²) in [6.45, 7) is 5.81. The SMILES string of the molecule is Clc1ccccc1-c1cnc(CN2CCOCC3(CCOCC3)C2)o1. The molecule has 2 saturated heterocycles. The maximum absolute atomic E-state index is 6.25. The summed E-state index contributed by atoms with van der Waals surface area (Å²) in [6.07, 6.45) is 3.87. The van der Waals surface area contributed by atoms with Crippen molar-refractivity contribution in [2.24, 2.45) is 5.41 Å². The van der Waals surface area contributed by atoms with Crippen molar-refractivity contribution in [2.45, 2.75) is 19.4 Å². The lowest BCUT2D eigenvalue weighted by Gasteiger charge is -2.38. The molecule has 0 aliphatic carbocycles. The lowest BCUT2D eigenvalue weighted by molar-refractivity contribution is -0.0323. The van der Waals surface area contributed by atoms with Crippen LogP contribution in [0.15, 0.2) is 34.9 Å². The third kappa shape index (κ3) is 3.90. The molecule has 3 heterocycles. The molecule has 2 fully saturated rings. The van der Waals surface area contributed by atoms with Gasteiger partial charge in [0.15, 0.2) is 5.76 Å². The van der Waals surface area contributed by atoms with E-state index >= 15 is 0 Å². The van der Waals surface area contributed by atoms with E-state index < -0.39 is 0 Å². The van der Waals surface area contributed by atoms with E-state index in [0.717, 1.165) is 63.8 Å². The minimum atomic E-state index is 0.201. The van der Waals surface area contributed by atoms with Gasteiger partial charge in [0.05, 0.1) is 31.0 Å². The molecule has 25 heavy (non-hydrogen) atoms.